The number of aryl methyl sites for hydroxylation is 1. The van der Waals surface area contributed by atoms with Crippen molar-refractivity contribution in [1.82, 2.24) is 15.6 Å². The Kier molecular flexibility index (Phi) is 5.96. The quantitative estimate of drug-likeness (QED) is 0.739. The summed E-state index contributed by atoms with van der Waals surface area (Å²) in [4.78, 5) is 26.9. The van der Waals surface area contributed by atoms with E-state index in [4.69, 9.17) is 5.11 Å². The minimum absolute atomic E-state index is 0.189. The first kappa shape index (κ1) is 15.9. The van der Waals surface area contributed by atoms with Gasteiger partial charge in [0, 0.05) is 6.20 Å². The molecule has 0 fully saturated rings. The molecule has 1 aromatic heterocycles. The van der Waals surface area contributed by atoms with Gasteiger partial charge < -0.3 is 15.7 Å². The van der Waals surface area contributed by atoms with Gasteiger partial charge in [-0.05, 0) is 30.9 Å². The number of nitrogens with zero attached hydrogens (tertiary/aromatic N) is 1. The number of amides is 2. The van der Waals surface area contributed by atoms with Crippen LogP contribution >= 0.6 is 0 Å². The fraction of sp³-hybridized carbons (Fsp3) is 0.500. The summed E-state index contributed by atoms with van der Waals surface area (Å²) in [6, 6.07) is 2.35. The second-order valence-corrected chi connectivity index (χ2v) is 5.11. The van der Waals surface area contributed by atoms with E-state index >= 15 is 0 Å². The van der Waals surface area contributed by atoms with Gasteiger partial charge in [-0.2, -0.15) is 0 Å². The summed E-state index contributed by atoms with van der Waals surface area (Å²) in [6.07, 6.45) is 2.05. The van der Waals surface area contributed by atoms with Crippen LogP contribution in [0.5, 0.6) is 0 Å². The van der Waals surface area contributed by atoms with Gasteiger partial charge in [-0.3, -0.25) is 4.98 Å². The molecule has 20 heavy (non-hydrogen) atoms. The first-order valence-electron chi connectivity index (χ1n) is 6.57. The zero-order valence-electron chi connectivity index (χ0n) is 12.0. The Morgan fingerprint density at radius 1 is 1.40 bits per heavy atom. The van der Waals surface area contributed by atoms with Crippen molar-refractivity contribution in [1.29, 1.82) is 0 Å². The number of carboxylic acid groups (broad SMARTS) is 1. The molecule has 1 aromatic rings. The summed E-state index contributed by atoms with van der Waals surface area (Å²) >= 11 is 0. The second-order valence-electron chi connectivity index (χ2n) is 5.11. The third-order valence-electron chi connectivity index (χ3n) is 2.84. The van der Waals surface area contributed by atoms with Gasteiger partial charge in [-0.1, -0.05) is 19.9 Å². The first-order valence-corrected chi connectivity index (χ1v) is 6.57. The van der Waals surface area contributed by atoms with E-state index < -0.39 is 18.0 Å². The van der Waals surface area contributed by atoms with Crippen LogP contribution in [-0.2, 0) is 11.3 Å². The minimum Gasteiger partial charge on any atom is -0.480 e. The zero-order valence-corrected chi connectivity index (χ0v) is 12.0. The smallest absolute Gasteiger partial charge is 0.326 e. The Labute approximate surface area is 118 Å². The molecule has 0 aliphatic heterocycles. The molecule has 0 aromatic carbocycles. The Balaban J connectivity index is 2.50. The average Bonchev–Trinajstić information content (AvgIpc) is 2.36. The molecule has 0 saturated carbocycles. The van der Waals surface area contributed by atoms with Gasteiger partial charge in [0.15, 0.2) is 0 Å². The number of nitrogens with one attached hydrogen (secondary N) is 2. The molecule has 2 amide bonds. The van der Waals surface area contributed by atoms with E-state index in [1.807, 2.05) is 32.9 Å². The van der Waals surface area contributed by atoms with Gasteiger partial charge in [-0.15, -0.1) is 0 Å². The number of hydrogen-bond donors (Lipinski definition) is 3. The van der Waals surface area contributed by atoms with Crippen LogP contribution in [-0.4, -0.2) is 28.1 Å². The normalized spacial score (nSPS) is 12.0. The van der Waals surface area contributed by atoms with Crippen LogP contribution in [0.3, 0.4) is 0 Å². The molecule has 1 atom stereocenters. The fourth-order valence-electron chi connectivity index (χ4n) is 1.77. The lowest BCUT2D eigenvalue weighted by Gasteiger charge is -2.17. The van der Waals surface area contributed by atoms with Crippen LogP contribution in [0.2, 0.25) is 0 Å². The van der Waals surface area contributed by atoms with Gasteiger partial charge in [0.2, 0.25) is 0 Å². The van der Waals surface area contributed by atoms with E-state index in [0.717, 1.165) is 11.3 Å². The van der Waals surface area contributed by atoms with Crippen molar-refractivity contribution >= 4 is 12.0 Å². The summed E-state index contributed by atoms with van der Waals surface area (Å²) in [6.45, 7) is 5.99. The van der Waals surface area contributed by atoms with Crippen molar-refractivity contribution in [3.8, 4) is 0 Å². The number of urea groups is 1. The van der Waals surface area contributed by atoms with Crippen molar-refractivity contribution in [2.45, 2.75) is 39.8 Å². The number of carboxylic acids is 1. The van der Waals surface area contributed by atoms with E-state index in [0.29, 0.717) is 6.42 Å². The van der Waals surface area contributed by atoms with Crippen molar-refractivity contribution < 1.29 is 14.7 Å². The molecule has 0 aliphatic carbocycles. The van der Waals surface area contributed by atoms with Crippen molar-refractivity contribution in [2.75, 3.05) is 0 Å². The van der Waals surface area contributed by atoms with Gasteiger partial charge in [0.1, 0.15) is 6.04 Å². The molecule has 1 heterocycles. The number of pyridine rings is 1. The molecule has 0 saturated heterocycles. The predicted molar refractivity (Wildman–Crippen MR) is 75.2 cm³/mol. The lowest BCUT2D eigenvalue weighted by Crippen LogP contribution is -2.46. The summed E-state index contributed by atoms with van der Waals surface area (Å²) < 4.78 is 0. The number of aromatic nitrogens is 1. The van der Waals surface area contributed by atoms with Crippen LogP contribution in [0.1, 0.15) is 31.5 Å². The Bertz CT molecular complexity index is 474. The molecule has 0 spiro atoms. The lowest BCUT2D eigenvalue weighted by atomic mass is 10.0. The number of rotatable bonds is 6. The lowest BCUT2D eigenvalue weighted by molar-refractivity contribution is -0.139. The Morgan fingerprint density at radius 2 is 2.10 bits per heavy atom. The maximum Gasteiger partial charge on any atom is 0.326 e. The largest absolute Gasteiger partial charge is 0.480 e. The van der Waals surface area contributed by atoms with Gasteiger partial charge in [0.25, 0.3) is 0 Å². The molecule has 6 nitrogen and oxygen atoms in total. The molecular formula is C14H21N3O3. The maximum absolute atomic E-state index is 11.7. The van der Waals surface area contributed by atoms with Crippen LogP contribution in [0.25, 0.3) is 0 Å². The molecule has 1 rings (SSSR count). The van der Waals surface area contributed by atoms with Crippen molar-refractivity contribution in [3.63, 3.8) is 0 Å². The van der Waals surface area contributed by atoms with E-state index in [1.54, 1.807) is 6.20 Å². The number of carbonyl (C=O) groups is 2. The van der Waals surface area contributed by atoms with E-state index in [9.17, 15) is 9.59 Å². The highest BCUT2D eigenvalue weighted by Crippen LogP contribution is 2.05. The molecular weight excluding hydrogens is 258 g/mol. The molecule has 3 N–H and O–H groups in total. The molecule has 6 heteroatoms. The molecule has 0 bridgehead atoms. The predicted octanol–water partition coefficient (Wildman–Crippen LogP) is 1.69. The monoisotopic (exact) mass is 279 g/mol. The molecule has 1 unspecified atom stereocenters. The highest BCUT2D eigenvalue weighted by Gasteiger charge is 2.20. The molecule has 110 valence electrons. The van der Waals surface area contributed by atoms with E-state index in [-0.39, 0.29) is 12.5 Å². The van der Waals surface area contributed by atoms with Gasteiger partial charge in [0.05, 0.1) is 12.2 Å². The second kappa shape index (κ2) is 7.47. The molecule has 0 radical (unpaired) electrons. The van der Waals surface area contributed by atoms with E-state index in [2.05, 4.69) is 15.6 Å². The average molecular weight is 279 g/mol. The van der Waals surface area contributed by atoms with Crippen LogP contribution in [0.4, 0.5) is 4.79 Å². The Hall–Kier alpha value is -2.11. The topological polar surface area (TPSA) is 91.3 Å². The highest BCUT2D eigenvalue weighted by atomic mass is 16.4. The zero-order chi connectivity index (χ0) is 15.1. The summed E-state index contributed by atoms with van der Waals surface area (Å²) in [5, 5.41) is 14.1. The number of carbonyl (C=O) groups excluding carboxylic acids is 1. The van der Waals surface area contributed by atoms with Gasteiger partial charge in [-0.25, -0.2) is 9.59 Å². The summed E-state index contributed by atoms with van der Waals surface area (Å²) in [5.74, 6) is -0.836. The van der Waals surface area contributed by atoms with Crippen LogP contribution < -0.4 is 10.6 Å². The third-order valence-corrected chi connectivity index (χ3v) is 2.84. The van der Waals surface area contributed by atoms with E-state index in [1.165, 1.54) is 0 Å². The highest BCUT2D eigenvalue weighted by molar-refractivity contribution is 5.82. The standard InChI is InChI=1S/C14H21N3O3/c1-9(2)7-11(13(18)19)17-14(20)16-8-12-10(3)5-4-6-15-12/h4-6,9,11H,7-8H2,1-3H3,(H,18,19)(H2,16,17,20). The van der Waals surface area contributed by atoms with Crippen LogP contribution in [0.15, 0.2) is 18.3 Å². The van der Waals surface area contributed by atoms with Crippen molar-refractivity contribution in [3.05, 3.63) is 29.6 Å². The summed E-state index contributed by atoms with van der Waals surface area (Å²) in [5.41, 5.74) is 1.74. The Morgan fingerprint density at radius 3 is 2.65 bits per heavy atom. The maximum atomic E-state index is 11.7. The molecule has 0 aliphatic rings. The SMILES string of the molecule is Cc1cccnc1CNC(=O)NC(CC(C)C)C(=O)O. The number of aliphatic carboxylic acids is 1. The first-order chi connectivity index (χ1) is 9.40. The fourth-order valence-corrected chi connectivity index (χ4v) is 1.77. The van der Waals surface area contributed by atoms with Crippen LogP contribution in [0, 0.1) is 12.8 Å². The van der Waals surface area contributed by atoms with Gasteiger partial charge >= 0.3 is 12.0 Å². The van der Waals surface area contributed by atoms with Crippen molar-refractivity contribution in [2.24, 2.45) is 5.92 Å². The third kappa shape index (κ3) is 5.26. The minimum atomic E-state index is -1.03. The number of hydrogen-bond acceptors (Lipinski definition) is 3. The summed E-state index contributed by atoms with van der Waals surface area (Å²) in [7, 11) is 0.